The molecule has 0 bridgehead atoms. The zero-order chi connectivity index (χ0) is 22.3. The number of para-hydroxylation sites is 1. The number of hydrogen-bond donors (Lipinski definition) is 0. The first-order valence-electron chi connectivity index (χ1n) is 10.5. The molecule has 3 aromatic carbocycles. The standard InChI is InChI=1S/C26H24N2O3S/c1-19-9-11-20(12-10-19)26-25-8-5-17-27(25)24-7-4-3-6-21(24)18-28(26)32(29,30)23-15-13-22(31-2)14-16-23/h3-17,26H,18H2,1-2H3/t26-/m0/s1. The fourth-order valence-electron chi connectivity index (χ4n) is 4.32. The Morgan fingerprint density at radius 3 is 2.31 bits per heavy atom. The molecular weight excluding hydrogens is 420 g/mol. The highest BCUT2D eigenvalue weighted by Gasteiger charge is 2.37. The lowest BCUT2D eigenvalue weighted by Gasteiger charge is -2.30. The Hall–Kier alpha value is -3.35. The minimum atomic E-state index is -3.82. The van der Waals surface area contributed by atoms with Gasteiger partial charge in [-0.25, -0.2) is 8.42 Å². The van der Waals surface area contributed by atoms with Crippen LogP contribution in [0.3, 0.4) is 0 Å². The van der Waals surface area contributed by atoms with Crippen LogP contribution in [-0.4, -0.2) is 24.4 Å². The Bertz CT molecular complexity index is 1360. The summed E-state index contributed by atoms with van der Waals surface area (Å²) in [5.74, 6) is 0.620. The molecule has 4 aromatic rings. The molecule has 162 valence electrons. The first kappa shape index (κ1) is 20.5. The molecule has 1 aromatic heterocycles. The maximum atomic E-state index is 14.0. The zero-order valence-electron chi connectivity index (χ0n) is 18.0. The Kier molecular flexibility index (Phi) is 5.12. The van der Waals surface area contributed by atoms with Gasteiger partial charge in [0, 0.05) is 24.1 Å². The third-order valence-electron chi connectivity index (χ3n) is 5.98. The van der Waals surface area contributed by atoms with Gasteiger partial charge in [-0.3, -0.25) is 0 Å². The molecule has 0 saturated heterocycles. The van der Waals surface area contributed by atoms with E-state index in [2.05, 4.69) is 4.57 Å². The van der Waals surface area contributed by atoms with Crippen LogP contribution < -0.4 is 4.74 Å². The van der Waals surface area contributed by atoms with E-state index in [4.69, 9.17) is 4.74 Å². The first-order chi connectivity index (χ1) is 15.5. The largest absolute Gasteiger partial charge is 0.497 e. The van der Waals surface area contributed by atoms with Crippen molar-refractivity contribution in [3.63, 3.8) is 0 Å². The molecule has 1 atom stereocenters. The van der Waals surface area contributed by atoms with Gasteiger partial charge in [0.15, 0.2) is 0 Å². The number of nitrogens with zero attached hydrogens (tertiary/aromatic N) is 2. The van der Waals surface area contributed by atoms with Crippen LogP contribution in [-0.2, 0) is 16.6 Å². The summed E-state index contributed by atoms with van der Waals surface area (Å²) < 4.78 is 36.9. The second kappa shape index (κ2) is 7.97. The van der Waals surface area contributed by atoms with Crippen molar-refractivity contribution < 1.29 is 13.2 Å². The van der Waals surface area contributed by atoms with Crippen LogP contribution in [0, 0.1) is 6.92 Å². The van der Waals surface area contributed by atoms with Gasteiger partial charge in [0.2, 0.25) is 10.0 Å². The average molecular weight is 445 g/mol. The second-order valence-electron chi connectivity index (χ2n) is 7.97. The third-order valence-corrected chi connectivity index (χ3v) is 7.81. The lowest BCUT2D eigenvalue weighted by atomic mass is 10.0. The summed E-state index contributed by atoms with van der Waals surface area (Å²) in [4.78, 5) is 0.243. The number of fused-ring (bicyclic) bond motifs is 3. The van der Waals surface area contributed by atoms with Crippen LogP contribution in [0.4, 0.5) is 0 Å². The monoisotopic (exact) mass is 444 g/mol. The predicted molar refractivity (Wildman–Crippen MR) is 125 cm³/mol. The van der Waals surface area contributed by atoms with Crippen molar-refractivity contribution >= 4 is 10.0 Å². The van der Waals surface area contributed by atoms with Crippen molar-refractivity contribution in [1.29, 1.82) is 0 Å². The summed E-state index contributed by atoms with van der Waals surface area (Å²) in [6, 6.07) is 26.1. The Balaban J connectivity index is 1.73. The molecule has 0 spiro atoms. The van der Waals surface area contributed by atoms with E-state index >= 15 is 0 Å². The highest BCUT2D eigenvalue weighted by atomic mass is 32.2. The van der Waals surface area contributed by atoms with E-state index < -0.39 is 16.1 Å². The molecule has 0 saturated carbocycles. The predicted octanol–water partition coefficient (Wildman–Crippen LogP) is 5.09. The number of sulfonamides is 1. The van der Waals surface area contributed by atoms with Gasteiger partial charge in [-0.1, -0.05) is 48.0 Å². The fourth-order valence-corrected chi connectivity index (χ4v) is 5.88. The summed E-state index contributed by atoms with van der Waals surface area (Å²) in [5, 5.41) is 0. The van der Waals surface area contributed by atoms with Gasteiger partial charge < -0.3 is 9.30 Å². The van der Waals surface area contributed by atoms with Crippen molar-refractivity contribution in [3.05, 3.63) is 114 Å². The highest BCUT2D eigenvalue weighted by Crippen LogP contribution is 2.40. The topological polar surface area (TPSA) is 51.5 Å². The SMILES string of the molecule is COc1ccc(S(=O)(=O)N2Cc3ccccc3-n3cccc3[C@@H]2c2ccc(C)cc2)cc1. The van der Waals surface area contributed by atoms with E-state index in [0.29, 0.717) is 5.75 Å². The number of benzene rings is 3. The van der Waals surface area contributed by atoms with E-state index in [0.717, 1.165) is 28.1 Å². The number of aromatic nitrogens is 1. The summed E-state index contributed by atoms with van der Waals surface area (Å²) in [6.07, 6.45) is 2.00. The smallest absolute Gasteiger partial charge is 0.244 e. The highest BCUT2D eigenvalue weighted by molar-refractivity contribution is 7.89. The van der Waals surface area contributed by atoms with Gasteiger partial charge in [-0.2, -0.15) is 4.31 Å². The molecule has 0 unspecified atom stereocenters. The number of hydrogen-bond acceptors (Lipinski definition) is 3. The van der Waals surface area contributed by atoms with Crippen LogP contribution in [0.2, 0.25) is 0 Å². The maximum Gasteiger partial charge on any atom is 0.244 e. The van der Waals surface area contributed by atoms with Gasteiger partial charge in [0.1, 0.15) is 5.75 Å². The van der Waals surface area contributed by atoms with Crippen molar-refractivity contribution in [3.8, 4) is 11.4 Å². The van der Waals surface area contributed by atoms with E-state index in [9.17, 15) is 8.42 Å². The van der Waals surface area contributed by atoms with Crippen molar-refractivity contribution in [1.82, 2.24) is 8.87 Å². The van der Waals surface area contributed by atoms with E-state index in [1.165, 1.54) is 0 Å². The molecule has 0 fully saturated rings. The summed E-state index contributed by atoms with van der Waals surface area (Å²) >= 11 is 0. The van der Waals surface area contributed by atoms with Crippen LogP contribution >= 0.6 is 0 Å². The lowest BCUT2D eigenvalue weighted by molar-refractivity contribution is 0.353. The minimum Gasteiger partial charge on any atom is -0.497 e. The van der Waals surface area contributed by atoms with Gasteiger partial charge in [0.05, 0.1) is 18.0 Å². The Labute approximate surface area is 188 Å². The van der Waals surface area contributed by atoms with Gasteiger partial charge in [-0.05, 0) is 60.5 Å². The van der Waals surface area contributed by atoms with Crippen LogP contribution in [0.5, 0.6) is 5.75 Å². The van der Waals surface area contributed by atoms with Crippen molar-refractivity contribution in [2.75, 3.05) is 7.11 Å². The maximum absolute atomic E-state index is 14.0. The molecule has 0 amide bonds. The number of ether oxygens (including phenoxy) is 1. The molecule has 5 nitrogen and oxygen atoms in total. The fraction of sp³-hybridized carbons (Fsp3) is 0.154. The molecule has 0 aliphatic carbocycles. The zero-order valence-corrected chi connectivity index (χ0v) is 18.8. The number of methoxy groups -OCH3 is 1. The molecule has 0 N–H and O–H groups in total. The van der Waals surface area contributed by atoms with E-state index in [-0.39, 0.29) is 11.4 Å². The minimum absolute atomic E-state index is 0.243. The number of rotatable bonds is 4. The van der Waals surface area contributed by atoms with Crippen LogP contribution in [0.15, 0.2) is 96.0 Å². The van der Waals surface area contributed by atoms with E-state index in [1.54, 1.807) is 35.7 Å². The van der Waals surface area contributed by atoms with Crippen molar-refractivity contribution in [2.45, 2.75) is 24.4 Å². The first-order valence-corrected chi connectivity index (χ1v) is 11.9. The molecule has 32 heavy (non-hydrogen) atoms. The summed E-state index contributed by atoms with van der Waals surface area (Å²) in [7, 11) is -2.25. The Morgan fingerprint density at radius 1 is 0.875 bits per heavy atom. The summed E-state index contributed by atoms with van der Waals surface area (Å²) in [5.41, 5.74) is 4.93. The molecule has 2 heterocycles. The quantitative estimate of drug-likeness (QED) is 0.441. The lowest BCUT2D eigenvalue weighted by Crippen LogP contribution is -2.34. The molecule has 1 aliphatic rings. The van der Waals surface area contributed by atoms with Gasteiger partial charge >= 0.3 is 0 Å². The average Bonchev–Trinajstić information content (AvgIpc) is 3.24. The van der Waals surface area contributed by atoms with Crippen molar-refractivity contribution in [2.24, 2.45) is 0 Å². The van der Waals surface area contributed by atoms with Gasteiger partial charge in [-0.15, -0.1) is 0 Å². The second-order valence-corrected chi connectivity index (χ2v) is 9.86. The van der Waals surface area contributed by atoms with E-state index in [1.807, 2.05) is 73.8 Å². The van der Waals surface area contributed by atoms with Gasteiger partial charge in [0.25, 0.3) is 0 Å². The molecule has 0 radical (unpaired) electrons. The molecule has 6 heteroatoms. The third kappa shape index (κ3) is 3.42. The Morgan fingerprint density at radius 2 is 1.59 bits per heavy atom. The number of aryl methyl sites for hydroxylation is 1. The molecule has 5 rings (SSSR count). The van der Waals surface area contributed by atoms with Crippen LogP contribution in [0.25, 0.3) is 5.69 Å². The summed E-state index contributed by atoms with van der Waals surface area (Å²) in [6.45, 7) is 2.30. The molecule has 1 aliphatic heterocycles. The molecular formula is C26H24N2O3S. The van der Waals surface area contributed by atoms with Crippen LogP contribution in [0.1, 0.15) is 28.4 Å². The normalized spacial score (nSPS) is 16.1.